The number of hydrogen-bond acceptors (Lipinski definition) is 5. The molecule has 1 amide bonds. The van der Waals surface area contributed by atoms with E-state index in [-0.39, 0.29) is 12.5 Å². The minimum atomic E-state index is -3.48. The van der Waals surface area contributed by atoms with Crippen molar-refractivity contribution >= 4 is 27.3 Å². The van der Waals surface area contributed by atoms with Gasteiger partial charge in [-0.15, -0.1) is 0 Å². The van der Waals surface area contributed by atoms with Gasteiger partial charge in [0.1, 0.15) is 5.75 Å². The number of hydrogen-bond donors (Lipinski definition) is 1. The lowest BCUT2D eigenvalue weighted by Gasteiger charge is -2.21. The molecule has 0 saturated carbocycles. The molecule has 3 rings (SSSR count). The number of ether oxygens (including phenoxy) is 1. The summed E-state index contributed by atoms with van der Waals surface area (Å²) in [7, 11) is -1.89. The minimum absolute atomic E-state index is 0.122. The molecule has 1 heterocycles. The van der Waals surface area contributed by atoms with Crippen LogP contribution in [0.1, 0.15) is 19.4 Å². The highest BCUT2D eigenvalue weighted by Gasteiger charge is 2.26. The molecule has 8 heteroatoms. The lowest BCUT2D eigenvalue weighted by atomic mass is 10.2. The Morgan fingerprint density at radius 1 is 1.14 bits per heavy atom. The van der Waals surface area contributed by atoms with E-state index >= 15 is 0 Å². The van der Waals surface area contributed by atoms with Gasteiger partial charge in [-0.3, -0.25) is 4.79 Å². The van der Waals surface area contributed by atoms with Crippen molar-refractivity contribution in [2.24, 2.45) is 0 Å². The zero-order valence-corrected chi connectivity index (χ0v) is 17.8. The Labute approximate surface area is 172 Å². The summed E-state index contributed by atoms with van der Waals surface area (Å²) in [5, 5.41) is 2.88. The maximum atomic E-state index is 12.7. The zero-order valence-electron chi connectivity index (χ0n) is 17.0. The number of carbonyl (C=O) groups excluding carboxylic acids is 1. The van der Waals surface area contributed by atoms with Crippen molar-refractivity contribution in [1.29, 1.82) is 0 Å². The standard InChI is InChI=1S/C21H27N3O4S/c1-4-24(5-2)29(26,27)19-10-11-20-16(14-19)12-13-23(20)15-21(25)22-17-6-8-18(28-3)9-7-17/h6-11,14H,4-5,12-13,15H2,1-3H3,(H,22,25). The molecule has 7 nitrogen and oxygen atoms in total. The summed E-state index contributed by atoms with van der Waals surface area (Å²) in [6, 6.07) is 12.3. The predicted molar refractivity (Wildman–Crippen MR) is 114 cm³/mol. The van der Waals surface area contributed by atoms with Crippen molar-refractivity contribution in [3.8, 4) is 5.75 Å². The third-order valence-electron chi connectivity index (χ3n) is 5.09. The highest BCUT2D eigenvalue weighted by Crippen LogP contribution is 2.31. The van der Waals surface area contributed by atoms with E-state index in [0.29, 0.717) is 36.6 Å². The van der Waals surface area contributed by atoms with Crippen LogP contribution in [0.5, 0.6) is 5.75 Å². The van der Waals surface area contributed by atoms with Gasteiger partial charge in [0.2, 0.25) is 15.9 Å². The van der Waals surface area contributed by atoms with Crippen LogP contribution in [0, 0.1) is 0 Å². The average molecular weight is 418 g/mol. The molecule has 0 saturated heterocycles. The Balaban J connectivity index is 1.70. The Hall–Kier alpha value is -2.58. The number of sulfonamides is 1. The van der Waals surface area contributed by atoms with Crippen LogP contribution >= 0.6 is 0 Å². The van der Waals surface area contributed by atoms with E-state index in [1.165, 1.54) is 4.31 Å². The quantitative estimate of drug-likeness (QED) is 0.715. The number of fused-ring (bicyclic) bond motifs is 1. The third-order valence-corrected chi connectivity index (χ3v) is 7.14. The molecule has 0 fully saturated rings. The van der Waals surface area contributed by atoms with Crippen LogP contribution in [-0.2, 0) is 21.2 Å². The number of anilines is 2. The van der Waals surface area contributed by atoms with Gasteiger partial charge in [-0.05, 0) is 54.4 Å². The summed E-state index contributed by atoms with van der Waals surface area (Å²) in [6.45, 7) is 5.43. The molecule has 0 aromatic heterocycles. The van der Waals surface area contributed by atoms with Crippen molar-refractivity contribution in [3.05, 3.63) is 48.0 Å². The maximum Gasteiger partial charge on any atom is 0.243 e. The molecule has 156 valence electrons. The summed E-state index contributed by atoms with van der Waals surface area (Å²) in [5.41, 5.74) is 2.57. The van der Waals surface area contributed by atoms with Gasteiger partial charge >= 0.3 is 0 Å². The fourth-order valence-electron chi connectivity index (χ4n) is 3.53. The van der Waals surface area contributed by atoms with Crippen molar-refractivity contribution in [3.63, 3.8) is 0 Å². The second-order valence-electron chi connectivity index (χ2n) is 6.83. The van der Waals surface area contributed by atoms with Crippen LogP contribution in [0.15, 0.2) is 47.4 Å². The van der Waals surface area contributed by atoms with Gasteiger partial charge in [0.25, 0.3) is 0 Å². The number of rotatable bonds is 8. The zero-order chi connectivity index (χ0) is 21.0. The van der Waals surface area contributed by atoms with Crippen LogP contribution in [0.2, 0.25) is 0 Å². The molecule has 0 aliphatic carbocycles. The Bertz CT molecular complexity index is 970. The first kappa shape index (κ1) is 21.1. The largest absolute Gasteiger partial charge is 0.497 e. The van der Waals surface area contributed by atoms with Crippen LogP contribution in [-0.4, -0.2) is 51.9 Å². The number of methoxy groups -OCH3 is 1. The molecule has 0 bridgehead atoms. The molecular weight excluding hydrogens is 390 g/mol. The van der Waals surface area contributed by atoms with Gasteiger partial charge in [-0.25, -0.2) is 8.42 Å². The van der Waals surface area contributed by atoms with Crippen LogP contribution in [0.4, 0.5) is 11.4 Å². The van der Waals surface area contributed by atoms with Gasteiger partial charge in [-0.1, -0.05) is 13.8 Å². The van der Waals surface area contributed by atoms with Gasteiger partial charge in [0, 0.05) is 31.0 Å². The molecule has 1 aliphatic rings. The topological polar surface area (TPSA) is 79.0 Å². The fourth-order valence-corrected chi connectivity index (χ4v) is 5.04. The van der Waals surface area contributed by atoms with Gasteiger partial charge in [0.05, 0.1) is 18.6 Å². The third kappa shape index (κ3) is 4.54. The Kier molecular flexibility index (Phi) is 6.44. The summed E-state index contributed by atoms with van der Waals surface area (Å²) < 4.78 is 32.0. The molecule has 29 heavy (non-hydrogen) atoms. The first-order valence-electron chi connectivity index (χ1n) is 9.71. The van der Waals surface area contributed by atoms with E-state index in [9.17, 15) is 13.2 Å². The normalized spacial score (nSPS) is 13.4. The fraction of sp³-hybridized carbons (Fsp3) is 0.381. The number of carbonyl (C=O) groups is 1. The van der Waals surface area contributed by atoms with E-state index in [4.69, 9.17) is 4.74 Å². The summed E-state index contributed by atoms with van der Waals surface area (Å²) in [6.07, 6.45) is 0.715. The Morgan fingerprint density at radius 2 is 1.83 bits per heavy atom. The van der Waals surface area contributed by atoms with Crippen LogP contribution in [0.25, 0.3) is 0 Å². The van der Waals surface area contributed by atoms with Gasteiger partial charge in [0.15, 0.2) is 0 Å². The monoisotopic (exact) mass is 417 g/mol. The van der Waals surface area contributed by atoms with Crippen molar-refractivity contribution in [2.75, 3.05) is 43.5 Å². The van der Waals surface area contributed by atoms with E-state index in [1.807, 2.05) is 18.7 Å². The SMILES string of the molecule is CCN(CC)S(=O)(=O)c1ccc2c(c1)CCN2CC(=O)Nc1ccc(OC)cc1. The second-order valence-corrected chi connectivity index (χ2v) is 8.77. The van der Waals surface area contributed by atoms with Gasteiger partial charge in [-0.2, -0.15) is 4.31 Å². The maximum absolute atomic E-state index is 12.7. The number of benzene rings is 2. The predicted octanol–water partition coefficient (Wildman–Crippen LogP) is 2.73. The van der Waals surface area contributed by atoms with E-state index in [0.717, 1.165) is 17.0 Å². The molecule has 1 N–H and O–H groups in total. The lowest BCUT2D eigenvalue weighted by Crippen LogP contribution is -2.32. The van der Waals surface area contributed by atoms with E-state index in [2.05, 4.69) is 5.32 Å². The summed E-state index contributed by atoms with van der Waals surface area (Å²) in [4.78, 5) is 14.7. The number of amides is 1. The van der Waals surface area contributed by atoms with E-state index < -0.39 is 10.0 Å². The Morgan fingerprint density at radius 3 is 2.45 bits per heavy atom. The van der Waals surface area contributed by atoms with Gasteiger partial charge < -0.3 is 15.0 Å². The van der Waals surface area contributed by atoms with Crippen molar-refractivity contribution in [1.82, 2.24) is 4.31 Å². The first-order chi connectivity index (χ1) is 13.9. The van der Waals surface area contributed by atoms with Crippen molar-refractivity contribution < 1.29 is 17.9 Å². The molecule has 1 aliphatic heterocycles. The smallest absolute Gasteiger partial charge is 0.243 e. The first-order valence-corrected chi connectivity index (χ1v) is 11.1. The average Bonchev–Trinajstić information content (AvgIpc) is 3.11. The molecule has 0 atom stereocenters. The molecule has 0 spiro atoms. The lowest BCUT2D eigenvalue weighted by molar-refractivity contribution is -0.115. The summed E-state index contributed by atoms with van der Waals surface area (Å²) >= 11 is 0. The summed E-state index contributed by atoms with van der Waals surface area (Å²) in [5.74, 6) is 0.606. The van der Waals surface area contributed by atoms with E-state index in [1.54, 1.807) is 49.6 Å². The number of nitrogens with zero attached hydrogens (tertiary/aromatic N) is 2. The second kappa shape index (κ2) is 8.84. The highest BCUT2D eigenvalue weighted by atomic mass is 32.2. The molecule has 0 radical (unpaired) electrons. The van der Waals surface area contributed by atoms with Crippen LogP contribution < -0.4 is 15.0 Å². The molecular formula is C21H27N3O4S. The minimum Gasteiger partial charge on any atom is -0.497 e. The number of nitrogens with one attached hydrogen (secondary N) is 1. The van der Waals surface area contributed by atoms with Crippen molar-refractivity contribution in [2.45, 2.75) is 25.2 Å². The highest BCUT2D eigenvalue weighted by molar-refractivity contribution is 7.89. The molecule has 0 unspecified atom stereocenters. The molecule has 2 aromatic carbocycles. The molecule has 2 aromatic rings. The van der Waals surface area contributed by atoms with Crippen LogP contribution in [0.3, 0.4) is 0 Å².